The van der Waals surface area contributed by atoms with E-state index in [9.17, 15) is 4.39 Å². The highest BCUT2D eigenvalue weighted by Crippen LogP contribution is 2.31. The number of nitrogens with zero attached hydrogens (tertiary/aromatic N) is 1. The number of hydrogen-bond donors (Lipinski definition) is 1. The average molecular weight is 287 g/mol. The molecule has 0 saturated carbocycles. The molecule has 0 radical (unpaired) electrons. The Morgan fingerprint density at radius 3 is 2.84 bits per heavy atom. The third kappa shape index (κ3) is 3.08. The van der Waals surface area contributed by atoms with Crippen molar-refractivity contribution in [3.63, 3.8) is 0 Å². The van der Waals surface area contributed by atoms with E-state index in [0.29, 0.717) is 19.8 Å². The van der Waals surface area contributed by atoms with Crippen LogP contribution < -0.4 is 5.73 Å². The van der Waals surface area contributed by atoms with E-state index < -0.39 is 5.82 Å². The smallest absolute Gasteiger partial charge is 0.141 e. The summed E-state index contributed by atoms with van der Waals surface area (Å²) in [6, 6.07) is 4.84. The second kappa shape index (κ2) is 5.75. The highest BCUT2D eigenvalue weighted by atomic mass is 35.5. The van der Waals surface area contributed by atoms with Crippen molar-refractivity contribution < 1.29 is 9.13 Å². The van der Waals surface area contributed by atoms with Gasteiger partial charge in [0.15, 0.2) is 0 Å². The summed E-state index contributed by atoms with van der Waals surface area (Å²) in [5.41, 5.74) is 6.78. The predicted molar refractivity (Wildman–Crippen MR) is 74.8 cm³/mol. The Bertz CT molecular complexity index is 453. The van der Waals surface area contributed by atoms with E-state index >= 15 is 0 Å². The lowest BCUT2D eigenvalue weighted by Crippen LogP contribution is -2.55. The number of nitrogens with two attached hydrogens (primary N) is 1. The molecule has 0 bridgehead atoms. The van der Waals surface area contributed by atoms with Gasteiger partial charge in [-0.2, -0.15) is 0 Å². The van der Waals surface area contributed by atoms with E-state index in [-0.39, 0.29) is 16.6 Å². The maximum Gasteiger partial charge on any atom is 0.141 e. The molecule has 1 unspecified atom stereocenters. The molecule has 1 aliphatic heterocycles. The number of halogens is 2. The van der Waals surface area contributed by atoms with Gasteiger partial charge in [0, 0.05) is 24.7 Å². The zero-order valence-electron chi connectivity index (χ0n) is 11.3. The van der Waals surface area contributed by atoms with Gasteiger partial charge in [-0.1, -0.05) is 17.7 Å². The first kappa shape index (κ1) is 14.7. The zero-order chi connectivity index (χ0) is 14.0. The van der Waals surface area contributed by atoms with Gasteiger partial charge < -0.3 is 10.5 Å². The van der Waals surface area contributed by atoms with Crippen LogP contribution in [0.4, 0.5) is 4.39 Å². The van der Waals surface area contributed by atoms with Crippen molar-refractivity contribution in [1.29, 1.82) is 0 Å². The monoisotopic (exact) mass is 286 g/mol. The van der Waals surface area contributed by atoms with E-state index in [1.807, 2.05) is 0 Å². The molecule has 1 aromatic rings. The maximum atomic E-state index is 13.3. The van der Waals surface area contributed by atoms with Gasteiger partial charge in [0.25, 0.3) is 0 Å². The number of rotatable bonds is 3. The third-order valence-electron chi connectivity index (χ3n) is 3.64. The molecule has 1 saturated heterocycles. The minimum Gasteiger partial charge on any atom is -0.378 e. The molecule has 0 aromatic heterocycles. The van der Waals surface area contributed by atoms with Gasteiger partial charge in [0.05, 0.1) is 18.2 Å². The largest absolute Gasteiger partial charge is 0.378 e. The molecular formula is C14H20ClFN2O. The molecule has 2 N–H and O–H groups in total. The van der Waals surface area contributed by atoms with Crippen molar-refractivity contribution in [2.24, 2.45) is 5.73 Å². The van der Waals surface area contributed by atoms with Gasteiger partial charge in [-0.15, -0.1) is 0 Å². The highest BCUT2D eigenvalue weighted by molar-refractivity contribution is 6.30. The van der Waals surface area contributed by atoms with Crippen LogP contribution in [-0.2, 0) is 4.74 Å². The van der Waals surface area contributed by atoms with Gasteiger partial charge in [-0.25, -0.2) is 4.39 Å². The first-order valence-electron chi connectivity index (χ1n) is 6.45. The van der Waals surface area contributed by atoms with E-state index in [2.05, 4.69) is 18.7 Å². The molecule has 0 aliphatic carbocycles. The van der Waals surface area contributed by atoms with Crippen LogP contribution in [0.25, 0.3) is 0 Å². The van der Waals surface area contributed by atoms with Gasteiger partial charge in [0.2, 0.25) is 0 Å². The number of morpholine rings is 1. The highest BCUT2D eigenvalue weighted by Gasteiger charge is 2.35. The molecule has 1 heterocycles. The quantitative estimate of drug-likeness (QED) is 0.928. The Morgan fingerprint density at radius 1 is 1.53 bits per heavy atom. The van der Waals surface area contributed by atoms with Crippen LogP contribution in [-0.4, -0.2) is 36.7 Å². The van der Waals surface area contributed by atoms with Crippen molar-refractivity contribution in [1.82, 2.24) is 4.90 Å². The molecule has 1 fully saturated rings. The van der Waals surface area contributed by atoms with E-state index in [1.54, 1.807) is 12.1 Å². The SMILES string of the molecule is CC1(C)COCCN1C(CN)c1ccc(F)c(Cl)c1. The van der Waals surface area contributed by atoms with Gasteiger partial charge in [-0.05, 0) is 31.5 Å². The fraction of sp³-hybridized carbons (Fsp3) is 0.571. The number of ether oxygens (including phenoxy) is 1. The van der Waals surface area contributed by atoms with Crippen molar-refractivity contribution in [2.75, 3.05) is 26.3 Å². The van der Waals surface area contributed by atoms with Crippen LogP contribution in [0, 0.1) is 5.82 Å². The van der Waals surface area contributed by atoms with Crippen LogP contribution in [0.2, 0.25) is 5.02 Å². The summed E-state index contributed by atoms with van der Waals surface area (Å²) >= 11 is 5.87. The Hall–Kier alpha value is -0.680. The molecule has 0 amide bonds. The average Bonchev–Trinajstić information content (AvgIpc) is 2.36. The number of hydrogen-bond acceptors (Lipinski definition) is 3. The molecule has 5 heteroatoms. The summed E-state index contributed by atoms with van der Waals surface area (Å²) in [6.07, 6.45) is 0. The Balaban J connectivity index is 2.30. The summed E-state index contributed by atoms with van der Waals surface area (Å²) in [4.78, 5) is 2.31. The van der Waals surface area contributed by atoms with Crippen LogP contribution in [0.15, 0.2) is 18.2 Å². The third-order valence-corrected chi connectivity index (χ3v) is 3.93. The van der Waals surface area contributed by atoms with E-state index in [0.717, 1.165) is 12.1 Å². The van der Waals surface area contributed by atoms with Crippen LogP contribution >= 0.6 is 11.6 Å². The Kier molecular flexibility index (Phi) is 4.46. The van der Waals surface area contributed by atoms with Crippen molar-refractivity contribution in [2.45, 2.75) is 25.4 Å². The Labute approximate surface area is 118 Å². The minimum absolute atomic E-state index is 0.0250. The summed E-state index contributed by atoms with van der Waals surface area (Å²) < 4.78 is 18.8. The molecule has 1 aromatic carbocycles. The molecule has 2 rings (SSSR count). The summed E-state index contributed by atoms with van der Waals surface area (Å²) in [6.45, 7) is 6.88. The van der Waals surface area contributed by atoms with Crippen molar-refractivity contribution >= 4 is 11.6 Å². The van der Waals surface area contributed by atoms with Crippen molar-refractivity contribution in [3.8, 4) is 0 Å². The molecule has 1 aliphatic rings. The normalized spacial score (nSPS) is 21.3. The second-order valence-corrected chi connectivity index (χ2v) is 5.89. The first-order valence-corrected chi connectivity index (χ1v) is 6.83. The summed E-state index contributed by atoms with van der Waals surface area (Å²) in [5.74, 6) is -0.401. The van der Waals surface area contributed by atoms with Crippen molar-refractivity contribution in [3.05, 3.63) is 34.6 Å². The predicted octanol–water partition coefficient (Wildman–Crippen LogP) is 2.59. The minimum atomic E-state index is -0.401. The zero-order valence-corrected chi connectivity index (χ0v) is 12.1. The molecule has 19 heavy (non-hydrogen) atoms. The van der Waals surface area contributed by atoms with Crippen LogP contribution in [0.1, 0.15) is 25.5 Å². The molecular weight excluding hydrogens is 267 g/mol. The molecule has 1 atom stereocenters. The summed E-state index contributed by atoms with van der Waals surface area (Å²) in [7, 11) is 0. The first-order chi connectivity index (χ1) is 8.95. The van der Waals surface area contributed by atoms with Gasteiger partial charge >= 0.3 is 0 Å². The van der Waals surface area contributed by atoms with E-state index in [1.165, 1.54) is 6.07 Å². The maximum absolute atomic E-state index is 13.3. The lowest BCUT2D eigenvalue weighted by Gasteiger charge is -2.46. The van der Waals surface area contributed by atoms with E-state index in [4.69, 9.17) is 22.1 Å². The Morgan fingerprint density at radius 2 is 2.26 bits per heavy atom. The van der Waals surface area contributed by atoms with Crippen LogP contribution in [0.5, 0.6) is 0 Å². The number of benzene rings is 1. The topological polar surface area (TPSA) is 38.5 Å². The fourth-order valence-corrected chi connectivity index (χ4v) is 2.80. The van der Waals surface area contributed by atoms with Crippen LogP contribution in [0.3, 0.4) is 0 Å². The summed E-state index contributed by atoms with van der Waals surface area (Å²) in [5, 5.41) is 0.141. The fourth-order valence-electron chi connectivity index (χ4n) is 2.61. The van der Waals surface area contributed by atoms with Gasteiger partial charge in [0.1, 0.15) is 5.82 Å². The second-order valence-electron chi connectivity index (χ2n) is 5.48. The molecule has 0 spiro atoms. The lowest BCUT2D eigenvalue weighted by molar-refractivity contribution is -0.0712. The standard InChI is InChI=1S/C14H20ClFN2O/c1-14(2)9-19-6-5-18(14)13(8-17)10-3-4-12(16)11(15)7-10/h3-4,7,13H,5-6,8-9,17H2,1-2H3. The molecule has 106 valence electrons. The van der Waals surface area contributed by atoms with Gasteiger partial charge in [-0.3, -0.25) is 4.90 Å². The molecule has 3 nitrogen and oxygen atoms in total. The lowest BCUT2D eigenvalue weighted by atomic mass is 9.95.